The molecule has 0 saturated heterocycles. The Bertz CT molecular complexity index is 262. The molecule has 58 valence electrons. The lowest BCUT2D eigenvalue weighted by Gasteiger charge is -1.84. The Kier molecular flexibility index (Phi) is 2.86. The van der Waals surface area contributed by atoms with Crippen LogP contribution >= 0.6 is 11.3 Å². The second kappa shape index (κ2) is 3.93. The minimum atomic E-state index is 0.608. The molecule has 0 atom stereocenters. The van der Waals surface area contributed by atoms with E-state index in [1.165, 1.54) is 0 Å². The fraction of sp³-hybridized carbons (Fsp3) is 0.125. The molecule has 1 N–H and O–H groups in total. The molecule has 0 bridgehead atoms. The molecule has 1 aromatic heterocycles. The molecule has 1 heterocycles. The van der Waals surface area contributed by atoms with Crippen molar-refractivity contribution in [1.29, 1.82) is 0 Å². The van der Waals surface area contributed by atoms with Gasteiger partial charge in [0.25, 0.3) is 0 Å². The highest BCUT2D eigenvalue weighted by molar-refractivity contribution is 7.08. The number of allylic oxidation sites excluding steroid dienone is 1. The molecule has 0 unspecified atom stereocenters. The van der Waals surface area contributed by atoms with Crippen molar-refractivity contribution in [2.75, 3.05) is 0 Å². The van der Waals surface area contributed by atoms with Crippen LogP contribution in [-0.2, 0) is 0 Å². The maximum Gasteiger partial charge on any atom is 0.0765 e. The van der Waals surface area contributed by atoms with Gasteiger partial charge in [0, 0.05) is 0 Å². The Balaban J connectivity index is 2.63. The molecular weight excluding hydrogens is 158 g/mol. The Morgan fingerprint density at radius 3 is 3.09 bits per heavy atom. The summed E-state index contributed by atoms with van der Waals surface area (Å²) in [4.78, 5) is 0. The van der Waals surface area contributed by atoms with Crippen molar-refractivity contribution in [3.8, 4) is 0 Å². The lowest BCUT2D eigenvalue weighted by molar-refractivity contribution is 0.319. The highest BCUT2D eigenvalue weighted by atomic mass is 32.1. The third-order valence-corrected chi connectivity index (χ3v) is 1.92. The number of thiophene rings is 1. The SMILES string of the molecule is CC(/C=C/c1ccsc1)=NO. The van der Waals surface area contributed by atoms with Crippen molar-refractivity contribution in [2.45, 2.75) is 6.92 Å². The van der Waals surface area contributed by atoms with Gasteiger partial charge in [-0.05, 0) is 35.4 Å². The normalized spacial score (nSPS) is 12.6. The summed E-state index contributed by atoms with van der Waals surface area (Å²) in [6.45, 7) is 1.74. The third-order valence-electron chi connectivity index (χ3n) is 1.22. The van der Waals surface area contributed by atoms with E-state index in [4.69, 9.17) is 5.21 Å². The van der Waals surface area contributed by atoms with E-state index in [2.05, 4.69) is 5.16 Å². The number of nitrogens with zero attached hydrogens (tertiary/aromatic N) is 1. The van der Waals surface area contributed by atoms with Crippen molar-refractivity contribution in [3.05, 3.63) is 28.5 Å². The summed E-state index contributed by atoms with van der Waals surface area (Å²) in [5, 5.41) is 15.4. The molecular formula is C8H9NOS. The summed E-state index contributed by atoms with van der Waals surface area (Å²) >= 11 is 1.65. The fourth-order valence-electron chi connectivity index (χ4n) is 0.620. The molecule has 0 aromatic carbocycles. The van der Waals surface area contributed by atoms with E-state index in [-0.39, 0.29) is 0 Å². The summed E-state index contributed by atoms with van der Waals surface area (Å²) < 4.78 is 0. The van der Waals surface area contributed by atoms with Gasteiger partial charge >= 0.3 is 0 Å². The predicted molar refractivity (Wildman–Crippen MR) is 48.2 cm³/mol. The first-order chi connectivity index (χ1) is 5.33. The molecule has 0 aliphatic carbocycles. The topological polar surface area (TPSA) is 32.6 Å². The van der Waals surface area contributed by atoms with Crippen LogP contribution in [0.3, 0.4) is 0 Å². The lowest BCUT2D eigenvalue weighted by Crippen LogP contribution is -1.81. The van der Waals surface area contributed by atoms with Crippen molar-refractivity contribution in [3.63, 3.8) is 0 Å². The van der Waals surface area contributed by atoms with Gasteiger partial charge in [0.15, 0.2) is 0 Å². The third kappa shape index (κ3) is 2.55. The van der Waals surface area contributed by atoms with Crippen LogP contribution in [0.2, 0.25) is 0 Å². The van der Waals surface area contributed by atoms with Gasteiger partial charge in [-0.3, -0.25) is 0 Å². The molecule has 1 aromatic rings. The molecule has 0 saturated carbocycles. The van der Waals surface area contributed by atoms with Crippen molar-refractivity contribution in [1.82, 2.24) is 0 Å². The first kappa shape index (κ1) is 8.01. The quantitative estimate of drug-likeness (QED) is 0.410. The van der Waals surface area contributed by atoms with Gasteiger partial charge in [-0.1, -0.05) is 11.2 Å². The summed E-state index contributed by atoms with van der Waals surface area (Å²) in [5.41, 5.74) is 1.74. The van der Waals surface area contributed by atoms with Crippen LogP contribution < -0.4 is 0 Å². The molecule has 0 amide bonds. The summed E-state index contributed by atoms with van der Waals surface area (Å²) in [6, 6.07) is 2.01. The summed E-state index contributed by atoms with van der Waals surface area (Å²) in [5.74, 6) is 0. The Hall–Kier alpha value is -1.09. The summed E-state index contributed by atoms with van der Waals surface area (Å²) in [6.07, 6.45) is 3.67. The first-order valence-corrected chi connectivity index (χ1v) is 4.16. The monoisotopic (exact) mass is 167 g/mol. The van der Waals surface area contributed by atoms with Gasteiger partial charge in [-0.2, -0.15) is 11.3 Å². The van der Waals surface area contributed by atoms with Gasteiger partial charge in [0.1, 0.15) is 0 Å². The molecule has 0 aliphatic rings. The molecule has 0 aliphatic heterocycles. The predicted octanol–water partition coefficient (Wildman–Crippen LogP) is 2.61. The minimum Gasteiger partial charge on any atom is -0.411 e. The van der Waals surface area contributed by atoms with Crippen LogP contribution in [0, 0.1) is 0 Å². The van der Waals surface area contributed by atoms with Crippen molar-refractivity contribution >= 4 is 23.1 Å². The molecule has 3 heteroatoms. The van der Waals surface area contributed by atoms with Crippen LogP contribution in [0.1, 0.15) is 12.5 Å². The fourth-order valence-corrected chi connectivity index (χ4v) is 1.25. The maximum atomic E-state index is 8.30. The molecule has 11 heavy (non-hydrogen) atoms. The number of oxime groups is 1. The Morgan fingerprint density at radius 2 is 2.55 bits per heavy atom. The van der Waals surface area contributed by atoms with Crippen molar-refractivity contribution in [2.24, 2.45) is 5.16 Å². The van der Waals surface area contributed by atoms with E-state index in [1.807, 2.05) is 22.9 Å². The van der Waals surface area contributed by atoms with Gasteiger partial charge in [-0.25, -0.2) is 0 Å². The van der Waals surface area contributed by atoms with Crippen LogP contribution in [0.15, 0.2) is 28.1 Å². The van der Waals surface area contributed by atoms with Gasteiger partial charge in [0.05, 0.1) is 5.71 Å². The molecule has 0 fully saturated rings. The van der Waals surface area contributed by atoms with Gasteiger partial charge in [-0.15, -0.1) is 0 Å². The zero-order valence-electron chi connectivity index (χ0n) is 6.19. The second-order valence-corrected chi connectivity index (χ2v) is 2.91. The molecule has 0 radical (unpaired) electrons. The van der Waals surface area contributed by atoms with Crippen LogP contribution in [0.5, 0.6) is 0 Å². The molecule has 2 nitrogen and oxygen atoms in total. The van der Waals surface area contributed by atoms with Gasteiger partial charge in [0.2, 0.25) is 0 Å². The number of hydrogen-bond acceptors (Lipinski definition) is 3. The molecule has 1 rings (SSSR count). The molecule has 0 spiro atoms. The number of hydrogen-bond donors (Lipinski definition) is 1. The Labute approximate surface area is 69.5 Å². The van der Waals surface area contributed by atoms with E-state index in [0.29, 0.717) is 5.71 Å². The number of rotatable bonds is 2. The zero-order chi connectivity index (χ0) is 8.10. The van der Waals surface area contributed by atoms with Crippen LogP contribution in [-0.4, -0.2) is 10.9 Å². The average molecular weight is 167 g/mol. The average Bonchev–Trinajstić information content (AvgIpc) is 2.52. The zero-order valence-corrected chi connectivity index (χ0v) is 7.01. The minimum absolute atomic E-state index is 0.608. The highest BCUT2D eigenvalue weighted by Gasteiger charge is 1.85. The van der Waals surface area contributed by atoms with E-state index in [0.717, 1.165) is 5.56 Å². The van der Waals surface area contributed by atoms with Crippen LogP contribution in [0.4, 0.5) is 0 Å². The van der Waals surface area contributed by atoms with E-state index >= 15 is 0 Å². The van der Waals surface area contributed by atoms with Gasteiger partial charge < -0.3 is 5.21 Å². The largest absolute Gasteiger partial charge is 0.411 e. The van der Waals surface area contributed by atoms with E-state index < -0.39 is 0 Å². The second-order valence-electron chi connectivity index (χ2n) is 2.13. The van der Waals surface area contributed by atoms with Crippen LogP contribution in [0.25, 0.3) is 6.08 Å². The Morgan fingerprint density at radius 1 is 1.73 bits per heavy atom. The lowest BCUT2D eigenvalue weighted by atomic mass is 10.3. The highest BCUT2D eigenvalue weighted by Crippen LogP contribution is 2.07. The van der Waals surface area contributed by atoms with E-state index in [1.54, 1.807) is 24.3 Å². The smallest absolute Gasteiger partial charge is 0.0765 e. The summed E-state index contributed by atoms with van der Waals surface area (Å²) in [7, 11) is 0. The van der Waals surface area contributed by atoms with Crippen molar-refractivity contribution < 1.29 is 5.21 Å². The first-order valence-electron chi connectivity index (χ1n) is 3.22. The van der Waals surface area contributed by atoms with E-state index in [9.17, 15) is 0 Å². The standard InChI is InChI=1S/C8H9NOS/c1-7(9-10)2-3-8-4-5-11-6-8/h2-6,10H,1H3/b3-2+,9-7?. The maximum absolute atomic E-state index is 8.30.